The molecule has 0 radical (unpaired) electrons. The summed E-state index contributed by atoms with van der Waals surface area (Å²) in [5.74, 6) is 1.08. The quantitative estimate of drug-likeness (QED) is 0.745. The first-order valence-corrected chi connectivity index (χ1v) is 10.7. The summed E-state index contributed by atoms with van der Waals surface area (Å²) in [6.45, 7) is 8.32. The van der Waals surface area contributed by atoms with E-state index < -0.39 is 0 Å². The van der Waals surface area contributed by atoms with Gasteiger partial charge in [-0.1, -0.05) is 12.1 Å². The van der Waals surface area contributed by atoms with E-state index in [2.05, 4.69) is 62.3 Å². The van der Waals surface area contributed by atoms with E-state index in [0.29, 0.717) is 0 Å². The molecule has 1 amide bonds. The molecule has 5 nitrogen and oxygen atoms in total. The summed E-state index contributed by atoms with van der Waals surface area (Å²) in [6, 6.07) is 10.2. The van der Waals surface area contributed by atoms with Gasteiger partial charge in [-0.2, -0.15) is 0 Å². The van der Waals surface area contributed by atoms with Crippen molar-refractivity contribution in [1.29, 1.82) is 0 Å². The molecule has 154 valence electrons. The first kappa shape index (κ1) is 19.9. The topological polar surface area (TPSA) is 54.5 Å². The largest absolute Gasteiger partial charge is 0.376 e. The Kier molecular flexibility index (Phi) is 5.59. The van der Waals surface area contributed by atoms with E-state index in [0.717, 1.165) is 54.0 Å². The molecular formula is C24H31N3O2. The highest BCUT2D eigenvalue weighted by Gasteiger charge is 2.36. The molecule has 2 aromatic rings. The number of hydrogen-bond acceptors (Lipinski definition) is 4. The maximum Gasteiger partial charge on any atom is 0.230 e. The number of rotatable bonds is 3. The highest BCUT2D eigenvalue weighted by molar-refractivity contribution is 6.00. The summed E-state index contributed by atoms with van der Waals surface area (Å²) in [5, 5.41) is 3.45. The molecule has 2 aliphatic rings. The van der Waals surface area contributed by atoms with Crippen LogP contribution in [0, 0.1) is 12.8 Å². The molecule has 1 N–H and O–H groups in total. The summed E-state index contributed by atoms with van der Waals surface area (Å²) in [6.07, 6.45) is 5.98. The van der Waals surface area contributed by atoms with Gasteiger partial charge in [0.25, 0.3) is 0 Å². The Balaban J connectivity index is 1.65. The zero-order chi connectivity index (χ0) is 20.5. The fourth-order valence-electron chi connectivity index (χ4n) is 4.62. The number of nitrogens with one attached hydrogen (secondary N) is 1. The van der Waals surface area contributed by atoms with Gasteiger partial charge in [-0.15, -0.1) is 0 Å². The van der Waals surface area contributed by atoms with Gasteiger partial charge in [0, 0.05) is 17.7 Å². The van der Waals surface area contributed by atoms with Gasteiger partial charge in [-0.05, 0) is 77.1 Å². The SMILES string of the molecule is Cc1ccc2c(c1)N(C(=O)[C@H]1CC[C@H](OC(C)C)CC1)C(C)c1cccnc1N2. The molecule has 1 aromatic carbocycles. The van der Waals surface area contributed by atoms with Crippen LogP contribution in [0.3, 0.4) is 0 Å². The summed E-state index contributed by atoms with van der Waals surface area (Å²) in [5.41, 5.74) is 4.07. The Hall–Kier alpha value is -2.40. The van der Waals surface area contributed by atoms with E-state index in [1.165, 1.54) is 0 Å². The van der Waals surface area contributed by atoms with Gasteiger partial charge < -0.3 is 15.0 Å². The van der Waals surface area contributed by atoms with Crippen molar-refractivity contribution in [2.24, 2.45) is 5.92 Å². The molecule has 4 rings (SSSR count). The van der Waals surface area contributed by atoms with E-state index in [9.17, 15) is 4.79 Å². The minimum absolute atomic E-state index is 0.0380. The maximum atomic E-state index is 13.8. The predicted molar refractivity (Wildman–Crippen MR) is 117 cm³/mol. The molecule has 0 bridgehead atoms. The first-order chi connectivity index (χ1) is 13.9. The maximum absolute atomic E-state index is 13.8. The van der Waals surface area contributed by atoms with Crippen LogP contribution in [0.1, 0.15) is 63.6 Å². The summed E-state index contributed by atoms with van der Waals surface area (Å²) < 4.78 is 5.98. The molecule has 1 atom stereocenters. The lowest BCUT2D eigenvalue weighted by molar-refractivity contribution is -0.125. The first-order valence-electron chi connectivity index (χ1n) is 10.7. The van der Waals surface area contributed by atoms with E-state index in [-0.39, 0.29) is 30.1 Å². The normalized spacial score (nSPS) is 23.8. The number of ether oxygens (including phenoxy) is 1. The number of amides is 1. The number of aryl methyl sites for hydroxylation is 1. The lowest BCUT2D eigenvalue weighted by atomic mass is 9.85. The van der Waals surface area contributed by atoms with Crippen LogP contribution in [-0.2, 0) is 9.53 Å². The number of pyridine rings is 1. The number of carbonyl (C=O) groups excluding carboxylic acids is 1. The van der Waals surface area contributed by atoms with E-state index in [1.807, 2.05) is 11.0 Å². The molecule has 5 heteroatoms. The minimum Gasteiger partial charge on any atom is -0.376 e. The average molecular weight is 394 g/mol. The smallest absolute Gasteiger partial charge is 0.230 e. The van der Waals surface area contributed by atoms with Gasteiger partial charge >= 0.3 is 0 Å². The Morgan fingerprint density at radius 1 is 1.21 bits per heavy atom. The van der Waals surface area contributed by atoms with Crippen molar-refractivity contribution in [3.8, 4) is 0 Å². The Bertz CT molecular complexity index is 887. The van der Waals surface area contributed by atoms with Crippen LogP contribution >= 0.6 is 0 Å². The zero-order valence-corrected chi connectivity index (χ0v) is 17.8. The monoisotopic (exact) mass is 393 g/mol. The van der Waals surface area contributed by atoms with Crippen molar-refractivity contribution in [3.05, 3.63) is 47.7 Å². The number of benzene rings is 1. The molecule has 0 saturated heterocycles. The summed E-state index contributed by atoms with van der Waals surface area (Å²) in [7, 11) is 0. The highest BCUT2D eigenvalue weighted by atomic mass is 16.5. The van der Waals surface area contributed by atoms with Gasteiger partial charge in [-0.3, -0.25) is 4.79 Å². The van der Waals surface area contributed by atoms with Crippen LogP contribution < -0.4 is 10.2 Å². The van der Waals surface area contributed by atoms with Crippen molar-refractivity contribution >= 4 is 23.1 Å². The average Bonchev–Trinajstić information content (AvgIpc) is 2.81. The van der Waals surface area contributed by atoms with Gasteiger partial charge in [0.2, 0.25) is 5.91 Å². The Morgan fingerprint density at radius 3 is 2.69 bits per heavy atom. The zero-order valence-electron chi connectivity index (χ0n) is 17.8. The molecule has 0 spiro atoms. The molecule has 1 aliphatic carbocycles. The Labute approximate surface area is 173 Å². The number of nitrogens with zero attached hydrogens (tertiary/aromatic N) is 2. The standard InChI is InChI=1S/C24H31N3O2/c1-15(2)29-19-10-8-18(9-11-19)24(28)27-17(4)20-6-5-13-25-23(20)26-21-12-7-16(3)14-22(21)27/h5-7,12-15,17-19H,8-11H2,1-4H3,(H,25,26)/t17?,18-,19-. The molecule has 29 heavy (non-hydrogen) atoms. The van der Waals surface area contributed by atoms with Gasteiger partial charge in [0.15, 0.2) is 0 Å². The van der Waals surface area contributed by atoms with E-state index in [4.69, 9.17) is 4.74 Å². The molecular weight excluding hydrogens is 362 g/mol. The molecule has 1 aromatic heterocycles. The third-order valence-electron chi connectivity index (χ3n) is 6.07. The molecule has 1 aliphatic heterocycles. The fraction of sp³-hybridized carbons (Fsp3) is 0.500. The number of hydrogen-bond donors (Lipinski definition) is 1. The molecule has 1 saturated carbocycles. The minimum atomic E-state index is -0.0774. The Morgan fingerprint density at radius 2 is 1.97 bits per heavy atom. The second kappa shape index (κ2) is 8.15. The number of aromatic nitrogens is 1. The van der Waals surface area contributed by atoms with E-state index >= 15 is 0 Å². The fourth-order valence-corrected chi connectivity index (χ4v) is 4.62. The summed E-state index contributed by atoms with van der Waals surface area (Å²) in [4.78, 5) is 20.3. The van der Waals surface area contributed by atoms with Crippen molar-refractivity contribution in [1.82, 2.24) is 4.98 Å². The second-order valence-electron chi connectivity index (χ2n) is 8.63. The van der Waals surface area contributed by atoms with Gasteiger partial charge in [0.1, 0.15) is 5.82 Å². The number of fused-ring (bicyclic) bond motifs is 2. The van der Waals surface area contributed by atoms with Crippen molar-refractivity contribution in [3.63, 3.8) is 0 Å². The van der Waals surface area contributed by atoms with Crippen LogP contribution in [0.5, 0.6) is 0 Å². The molecule has 1 fully saturated rings. The number of anilines is 3. The van der Waals surface area contributed by atoms with Gasteiger partial charge in [-0.25, -0.2) is 4.98 Å². The lowest BCUT2D eigenvalue weighted by Crippen LogP contribution is -2.40. The van der Waals surface area contributed by atoms with Crippen molar-refractivity contribution < 1.29 is 9.53 Å². The van der Waals surface area contributed by atoms with Crippen molar-refractivity contribution in [2.45, 2.75) is 71.6 Å². The highest BCUT2D eigenvalue weighted by Crippen LogP contribution is 2.42. The lowest BCUT2D eigenvalue weighted by Gasteiger charge is -2.35. The van der Waals surface area contributed by atoms with E-state index in [1.54, 1.807) is 6.20 Å². The van der Waals surface area contributed by atoms with Crippen LogP contribution in [-0.4, -0.2) is 23.1 Å². The molecule has 1 unspecified atom stereocenters. The van der Waals surface area contributed by atoms with Gasteiger partial charge in [0.05, 0.1) is 29.6 Å². The van der Waals surface area contributed by atoms with Crippen LogP contribution in [0.4, 0.5) is 17.2 Å². The molecule has 2 heterocycles. The third-order valence-corrected chi connectivity index (χ3v) is 6.07. The van der Waals surface area contributed by atoms with Crippen LogP contribution in [0.15, 0.2) is 36.5 Å². The predicted octanol–water partition coefficient (Wildman–Crippen LogP) is 5.53. The van der Waals surface area contributed by atoms with Crippen LogP contribution in [0.2, 0.25) is 0 Å². The van der Waals surface area contributed by atoms with Crippen LogP contribution in [0.25, 0.3) is 0 Å². The third kappa shape index (κ3) is 4.01. The second-order valence-corrected chi connectivity index (χ2v) is 8.63. The van der Waals surface area contributed by atoms with Crippen molar-refractivity contribution in [2.75, 3.05) is 10.2 Å². The summed E-state index contributed by atoms with van der Waals surface area (Å²) >= 11 is 0. The number of carbonyl (C=O) groups is 1.